The molecule has 0 fully saturated rings. The average molecular weight is 692 g/mol. The number of benzene rings is 2. The number of carboxylic acid groups (broad SMARTS) is 2. The molecule has 47 heavy (non-hydrogen) atoms. The van der Waals surface area contributed by atoms with E-state index < -0.39 is 53.5 Å². The number of aliphatic carboxylic acids is 2. The number of ketones is 2. The van der Waals surface area contributed by atoms with Gasteiger partial charge in [-0.1, -0.05) is 24.3 Å². The second kappa shape index (κ2) is 14.7. The third-order valence-electron chi connectivity index (χ3n) is 6.05. The standard InChI is InChI=1S/C28H20N4O12S2.Na/c33-23-11-17(27(35)36)5-9-21(23)31-29-19-7-3-15(25(13-19)45(39,40)41)1-2-16-4-8-20(14-26(16)46(42,43)44)30-32-22-10-6-18(28(37)38)12-24(22)34;/h1-14,29-30H,(H,35,36)(H,37,38)(H,39,40,41)(H,42,43,44);. The van der Waals surface area contributed by atoms with Gasteiger partial charge in [0.25, 0.3) is 20.2 Å². The molecule has 0 heterocycles. The van der Waals surface area contributed by atoms with E-state index in [1.54, 1.807) is 0 Å². The fourth-order valence-electron chi connectivity index (χ4n) is 3.84. The molecule has 0 unspecified atom stereocenters. The molecular formula is C28H20N4NaO12S2. The number of carbonyl (C=O) groups excluding carboxylic acids is 2. The number of allylic oxidation sites excluding steroid dienone is 4. The third kappa shape index (κ3) is 9.36. The van der Waals surface area contributed by atoms with Gasteiger partial charge in [0.05, 0.1) is 22.5 Å². The molecule has 2 aliphatic carbocycles. The van der Waals surface area contributed by atoms with E-state index in [1.807, 2.05) is 0 Å². The molecule has 0 saturated heterocycles. The summed E-state index contributed by atoms with van der Waals surface area (Å²) in [6.07, 6.45) is 8.54. The predicted octanol–water partition coefficient (Wildman–Crippen LogP) is 1.81. The van der Waals surface area contributed by atoms with Crippen LogP contribution in [0.1, 0.15) is 11.1 Å². The maximum atomic E-state index is 12.1. The topological polar surface area (TPSA) is 266 Å². The quantitative estimate of drug-likeness (QED) is 0.0682. The van der Waals surface area contributed by atoms with Gasteiger partial charge >= 0.3 is 11.9 Å². The van der Waals surface area contributed by atoms with Crippen LogP contribution in [0.15, 0.2) is 104 Å². The van der Waals surface area contributed by atoms with Crippen LogP contribution in [-0.2, 0) is 39.4 Å². The van der Waals surface area contributed by atoms with Crippen LogP contribution in [0.3, 0.4) is 0 Å². The minimum absolute atomic E-state index is 0. The Morgan fingerprint density at radius 3 is 1.30 bits per heavy atom. The summed E-state index contributed by atoms with van der Waals surface area (Å²) >= 11 is 0. The van der Waals surface area contributed by atoms with Crippen LogP contribution in [0.5, 0.6) is 0 Å². The molecule has 0 saturated carbocycles. The number of nitrogens with zero attached hydrogens (tertiary/aromatic N) is 2. The fourth-order valence-corrected chi connectivity index (χ4v) is 5.26. The van der Waals surface area contributed by atoms with Crippen molar-refractivity contribution in [2.45, 2.75) is 9.79 Å². The van der Waals surface area contributed by atoms with Crippen molar-refractivity contribution in [3.63, 3.8) is 0 Å². The van der Waals surface area contributed by atoms with Gasteiger partial charge < -0.3 is 10.2 Å². The zero-order chi connectivity index (χ0) is 33.8. The molecule has 16 nitrogen and oxygen atoms in total. The fraction of sp³-hybridized carbons (Fsp3) is 0. The number of hydrogen-bond donors (Lipinski definition) is 6. The van der Waals surface area contributed by atoms with Gasteiger partial charge in [-0.2, -0.15) is 27.0 Å². The number of hydrazone groups is 2. The van der Waals surface area contributed by atoms with Crippen molar-refractivity contribution in [3.05, 3.63) is 95.1 Å². The largest absolute Gasteiger partial charge is 0.478 e. The predicted molar refractivity (Wildman–Crippen MR) is 169 cm³/mol. The molecule has 0 spiro atoms. The molecule has 1 radical (unpaired) electrons. The second-order valence-corrected chi connectivity index (χ2v) is 12.0. The van der Waals surface area contributed by atoms with Crippen molar-refractivity contribution in [3.8, 4) is 0 Å². The molecular weight excluding hydrogens is 671 g/mol. The number of carboxylic acids is 2. The zero-order valence-electron chi connectivity index (χ0n) is 23.8. The number of nitrogens with one attached hydrogen (secondary N) is 2. The summed E-state index contributed by atoms with van der Waals surface area (Å²) < 4.78 is 68.2. The first-order valence-electron chi connectivity index (χ1n) is 12.5. The summed E-state index contributed by atoms with van der Waals surface area (Å²) in [6, 6.07) is 7.03. The first-order valence-corrected chi connectivity index (χ1v) is 15.3. The van der Waals surface area contributed by atoms with E-state index >= 15 is 0 Å². The minimum Gasteiger partial charge on any atom is -0.478 e. The van der Waals surface area contributed by atoms with Crippen LogP contribution < -0.4 is 10.9 Å². The van der Waals surface area contributed by atoms with E-state index in [0.717, 1.165) is 60.7 Å². The summed E-state index contributed by atoms with van der Waals surface area (Å²) in [5.41, 5.74) is 3.77. The van der Waals surface area contributed by atoms with Gasteiger partial charge in [0, 0.05) is 41.7 Å². The maximum absolute atomic E-state index is 12.1. The monoisotopic (exact) mass is 691 g/mol. The number of carbonyl (C=O) groups is 4. The van der Waals surface area contributed by atoms with Gasteiger partial charge in [-0.3, -0.25) is 29.5 Å². The Labute approximate surface area is 288 Å². The van der Waals surface area contributed by atoms with Crippen LogP contribution in [0.2, 0.25) is 0 Å². The maximum Gasteiger partial charge on any atom is 0.335 e. The molecule has 2 aromatic carbocycles. The summed E-state index contributed by atoms with van der Waals surface area (Å²) in [5, 5.41) is 25.6. The van der Waals surface area contributed by atoms with Crippen molar-refractivity contribution in [1.29, 1.82) is 0 Å². The molecule has 6 N–H and O–H groups in total. The molecule has 19 heteroatoms. The molecule has 2 aliphatic rings. The van der Waals surface area contributed by atoms with E-state index in [9.17, 15) is 45.1 Å². The first kappa shape index (κ1) is 36.6. The average Bonchev–Trinajstić information content (AvgIpc) is 2.98. The van der Waals surface area contributed by atoms with Gasteiger partial charge in [0.1, 0.15) is 21.2 Å². The normalized spacial score (nSPS) is 16.6. The Hall–Kier alpha value is -4.82. The Morgan fingerprint density at radius 1 is 0.638 bits per heavy atom. The van der Waals surface area contributed by atoms with Gasteiger partial charge in [-0.05, 0) is 59.7 Å². The molecule has 0 amide bonds. The number of rotatable bonds is 10. The van der Waals surface area contributed by atoms with E-state index in [0.29, 0.717) is 0 Å². The molecule has 0 bridgehead atoms. The SMILES string of the molecule is O=C(O)C1=CC(=O)C(=NNc2ccc(C=Cc3ccc(NN=C4C=CC(C(=O)O)=CC4=O)cc3S(=O)(=O)O)c(S(=O)(=O)O)c2)C=C1.[Na]. The number of anilines is 2. The smallest absolute Gasteiger partial charge is 0.335 e. The van der Waals surface area contributed by atoms with Crippen LogP contribution in [0.25, 0.3) is 12.2 Å². The van der Waals surface area contributed by atoms with Crippen LogP contribution >= 0.6 is 0 Å². The van der Waals surface area contributed by atoms with Gasteiger partial charge in [-0.15, -0.1) is 0 Å². The van der Waals surface area contributed by atoms with Crippen molar-refractivity contribution in [1.82, 2.24) is 0 Å². The first-order chi connectivity index (χ1) is 21.5. The summed E-state index contributed by atoms with van der Waals surface area (Å²) in [6.45, 7) is 0. The summed E-state index contributed by atoms with van der Waals surface area (Å²) in [4.78, 5) is 44.9. The molecule has 2 aromatic rings. The molecule has 0 aromatic heterocycles. The van der Waals surface area contributed by atoms with Gasteiger partial charge in [0.2, 0.25) is 11.6 Å². The van der Waals surface area contributed by atoms with Crippen molar-refractivity contribution < 1.29 is 55.3 Å². The van der Waals surface area contributed by atoms with Gasteiger partial charge in [-0.25, -0.2) is 9.59 Å². The Bertz CT molecular complexity index is 1990. The third-order valence-corrected chi connectivity index (χ3v) is 7.87. The second-order valence-electron chi connectivity index (χ2n) is 9.21. The molecule has 0 atom stereocenters. The van der Waals surface area contributed by atoms with Crippen molar-refractivity contribution in [2.24, 2.45) is 10.2 Å². The Morgan fingerprint density at radius 2 is 1.00 bits per heavy atom. The van der Waals surface area contributed by atoms with Gasteiger partial charge in [0.15, 0.2) is 0 Å². The van der Waals surface area contributed by atoms with Crippen LogP contribution in [0, 0.1) is 0 Å². The number of hydrogen-bond acceptors (Lipinski definition) is 12. The Balaban J connectivity index is 0.00000600. The van der Waals surface area contributed by atoms with Crippen LogP contribution in [0.4, 0.5) is 11.4 Å². The summed E-state index contributed by atoms with van der Waals surface area (Å²) in [5.74, 6) is -4.08. The van der Waals surface area contributed by atoms with E-state index in [4.69, 9.17) is 10.2 Å². The molecule has 237 valence electrons. The van der Waals surface area contributed by atoms with Crippen molar-refractivity contribution in [2.75, 3.05) is 10.9 Å². The zero-order valence-corrected chi connectivity index (χ0v) is 27.5. The molecule has 4 rings (SSSR count). The minimum atomic E-state index is -4.86. The van der Waals surface area contributed by atoms with Crippen LogP contribution in [-0.4, -0.2) is 101 Å². The van der Waals surface area contributed by atoms with E-state index in [1.165, 1.54) is 24.3 Å². The van der Waals surface area contributed by atoms with Crippen molar-refractivity contribution >= 4 is 108 Å². The summed E-state index contributed by atoms with van der Waals surface area (Å²) in [7, 11) is -9.73. The van der Waals surface area contributed by atoms with E-state index in [2.05, 4.69) is 21.1 Å². The van der Waals surface area contributed by atoms with E-state index in [-0.39, 0.29) is 74.6 Å². The Kier molecular flexibility index (Phi) is 11.5. The molecule has 0 aliphatic heterocycles.